The van der Waals surface area contributed by atoms with Crippen LogP contribution in [-0.4, -0.2) is 19.0 Å². The van der Waals surface area contributed by atoms with E-state index in [4.69, 9.17) is 5.73 Å². The van der Waals surface area contributed by atoms with Gasteiger partial charge < -0.3 is 11.1 Å². The molecule has 0 radical (unpaired) electrons. The smallest absolute Gasteiger partial charge is 0.251 e. The summed E-state index contributed by atoms with van der Waals surface area (Å²) in [6.45, 7) is 5.48. The molecule has 0 aliphatic rings. The van der Waals surface area contributed by atoms with Crippen LogP contribution in [0.5, 0.6) is 0 Å². The Morgan fingerprint density at radius 2 is 1.82 bits per heavy atom. The van der Waals surface area contributed by atoms with Crippen LogP contribution in [0.1, 0.15) is 37.0 Å². The average molecular weight is 234 g/mol. The van der Waals surface area contributed by atoms with Crippen molar-refractivity contribution in [1.29, 1.82) is 0 Å². The van der Waals surface area contributed by atoms with Gasteiger partial charge in [0.25, 0.3) is 5.91 Å². The first-order valence-electron chi connectivity index (χ1n) is 6.21. The summed E-state index contributed by atoms with van der Waals surface area (Å²) < 4.78 is 0. The molecule has 0 aliphatic carbocycles. The number of carbonyl (C=O) groups is 1. The Morgan fingerprint density at radius 1 is 1.24 bits per heavy atom. The topological polar surface area (TPSA) is 55.1 Å². The summed E-state index contributed by atoms with van der Waals surface area (Å²) in [7, 11) is 0. The molecule has 0 bridgehead atoms. The molecule has 0 fully saturated rings. The summed E-state index contributed by atoms with van der Waals surface area (Å²) in [4.78, 5) is 11.9. The van der Waals surface area contributed by atoms with Crippen LogP contribution in [-0.2, 0) is 0 Å². The number of carbonyl (C=O) groups excluding carboxylic acids is 1. The average Bonchev–Trinajstić information content (AvgIpc) is 2.41. The Morgan fingerprint density at radius 3 is 2.29 bits per heavy atom. The minimum atomic E-state index is -0.0228. The van der Waals surface area contributed by atoms with Gasteiger partial charge in [-0.15, -0.1) is 0 Å². The lowest BCUT2D eigenvalue weighted by Crippen LogP contribution is -2.41. The minimum absolute atomic E-state index is 0.0228. The fourth-order valence-electron chi connectivity index (χ4n) is 1.82. The fraction of sp³-hybridized carbons (Fsp3) is 0.500. The van der Waals surface area contributed by atoms with E-state index in [0.717, 1.165) is 12.8 Å². The molecule has 1 rings (SSSR count). The first-order chi connectivity index (χ1) is 8.17. The van der Waals surface area contributed by atoms with Crippen LogP contribution < -0.4 is 11.1 Å². The van der Waals surface area contributed by atoms with Crippen LogP contribution in [0.15, 0.2) is 30.3 Å². The van der Waals surface area contributed by atoms with E-state index in [1.54, 1.807) is 0 Å². The molecule has 0 spiro atoms. The lowest BCUT2D eigenvalue weighted by Gasteiger charge is -2.30. The van der Waals surface area contributed by atoms with Gasteiger partial charge in [0.1, 0.15) is 0 Å². The maximum Gasteiger partial charge on any atom is 0.251 e. The molecule has 0 unspecified atom stereocenters. The predicted octanol–water partition coefficient (Wildman–Crippen LogP) is 2.18. The van der Waals surface area contributed by atoms with Crippen molar-refractivity contribution in [3.8, 4) is 0 Å². The summed E-state index contributed by atoms with van der Waals surface area (Å²) in [5, 5.41) is 2.97. The van der Waals surface area contributed by atoms with E-state index in [1.165, 1.54) is 0 Å². The van der Waals surface area contributed by atoms with Gasteiger partial charge in [-0.25, -0.2) is 0 Å². The zero-order valence-corrected chi connectivity index (χ0v) is 10.7. The summed E-state index contributed by atoms with van der Waals surface area (Å²) in [5.41, 5.74) is 6.53. The molecule has 0 aromatic heterocycles. The number of hydrogen-bond acceptors (Lipinski definition) is 2. The highest BCUT2D eigenvalue weighted by atomic mass is 16.1. The summed E-state index contributed by atoms with van der Waals surface area (Å²) in [6, 6.07) is 9.27. The van der Waals surface area contributed by atoms with Crippen molar-refractivity contribution in [3.63, 3.8) is 0 Å². The number of nitrogens with two attached hydrogens (primary N) is 1. The van der Waals surface area contributed by atoms with Crippen molar-refractivity contribution in [1.82, 2.24) is 5.32 Å². The molecule has 0 saturated carbocycles. The summed E-state index contributed by atoms with van der Waals surface area (Å²) in [5.74, 6) is -0.0228. The Hall–Kier alpha value is -1.35. The van der Waals surface area contributed by atoms with Gasteiger partial charge in [0.05, 0.1) is 0 Å². The maximum atomic E-state index is 11.9. The van der Waals surface area contributed by atoms with Crippen molar-refractivity contribution in [2.75, 3.05) is 13.1 Å². The molecule has 1 aromatic rings. The quantitative estimate of drug-likeness (QED) is 0.792. The van der Waals surface area contributed by atoms with Gasteiger partial charge in [-0.1, -0.05) is 32.0 Å². The van der Waals surface area contributed by atoms with Crippen molar-refractivity contribution in [2.24, 2.45) is 11.1 Å². The standard InChI is InChI=1S/C14H22N2O/c1-3-14(4-2,10-15)11-16-13(17)12-8-6-5-7-9-12/h5-9H,3-4,10-11,15H2,1-2H3,(H,16,17). The van der Waals surface area contributed by atoms with E-state index in [0.29, 0.717) is 18.7 Å². The van der Waals surface area contributed by atoms with Crippen molar-refractivity contribution in [3.05, 3.63) is 35.9 Å². The second-order valence-electron chi connectivity index (χ2n) is 4.46. The van der Waals surface area contributed by atoms with Gasteiger partial charge in [0, 0.05) is 12.1 Å². The third-order valence-electron chi connectivity index (χ3n) is 3.59. The van der Waals surface area contributed by atoms with Crippen molar-refractivity contribution >= 4 is 5.91 Å². The maximum absolute atomic E-state index is 11.9. The Bertz CT molecular complexity index is 336. The zero-order chi connectivity index (χ0) is 12.7. The molecule has 94 valence electrons. The molecule has 0 aliphatic heterocycles. The Kier molecular flexibility index (Phi) is 5.16. The third kappa shape index (κ3) is 3.56. The Balaban J connectivity index is 2.59. The second-order valence-corrected chi connectivity index (χ2v) is 4.46. The first-order valence-corrected chi connectivity index (χ1v) is 6.21. The molecule has 0 heterocycles. The van der Waals surface area contributed by atoms with Crippen molar-refractivity contribution in [2.45, 2.75) is 26.7 Å². The third-order valence-corrected chi connectivity index (χ3v) is 3.59. The number of hydrogen-bond donors (Lipinski definition) is 2. The first kappa shape index (κ1) is 13.7. The van der Waals surface area contributed by atoms with E-state index in [2.05, 4.69) is 19.2 Å². The SMILES string of the molecule is CCC(CC)(CN)CNC(=O)c1ccccc1. The second kappa shape index (κ2) is 6.40. The number of rotatable bonds is 6. The number of nitrogens with one attached hydrogen (secondary N) is 1. The van der Waals surface area contributed by atoms with Crippen molar-refractivity contribution < 1.29 is 4.79 Å². The lowest BCUT2D eigenvalue weighted by molar-refractivity contribution is 0.0928. The van der Waals surface area contributed by atoms with E-state index >= 15 is 0 Å². The molecule has 3 heteroatoms. The largest absolute Gasteiger partial charge is 0.351 e. The summed E-state index contributed by atoms with van der Waals surface area (Å²) in [6.07, 6.45) is 1.96. The van der Waals surface area contributed by atoms with Gasteiger partial charge in [0.2, 0.25) is 0 Å². The minimum Gasteiger partial charge on any atom is -0.351 e. The molecule has 3 nitrogen and oxygen atoms in total. The van der Waals surface area contributed by atoms with Crippen LogP contribution >= 0.6 is 0 Å². The van der Waals surface area contributed by atoms with E-state index in [-0.39, 0.29) is 11.3 Å². The molecule has 0 atom stereocenters. The number of benzene rings is 1. The van der Waals surface area contributed by atoms with Gasteiger partial charge in [-0.2, -0.15) is 0 Å². The molecular weight excluding hydrogens is 212 g/mol. The van der Waals surface area contributed by atoms with Gasteiger partial charge in [-0.3, -0.25) is 4.79 Å². The van der Waals surface area contributed by atoms with Crippen LogP contribution in [0.2, 0.25) is 0 Å². The zero-order valence-electron chi connectivity index (χ0n) is 10.7. The van der Waals surface area contributed by atoms with Crippen LogP contribution in [0.4, 0.5) is 0 Å². The van der Waals surface area contributed by atoms with Crippen LogP contribution in [0.25, 0.3) is 0 Å². The lowest BCUT2D eigenvalue weighted by atomic mass is 9.82. The molecule has 17 heavy (non-hydrogen) atoms. The molecule has 3 N–H and O–H groups in total. The number of amides is 1. The van der Waals surface area contributed by atoms with E-state index < -0.39 is 0 Å². The Labute approximate surface area is 103 Å². The normalized spacial score (nSPS) is 11.2. The van der Waals surface area contributed by atoms with Crippen LogP contribution in [0.3, 0.4) is 0 Å². The molecule has 1 aromatic carbocycles. The molecule has 1 amide bonds. The van der Waals surface area contributed by atoms with E-state index in [1.807, 2.05) is 30.3 Å². The monoisotopic (exact) mass is 234 g/mol. The molecule has 0 saturated heterocycles. The van der Waals surface area contributed by atoms with Crippen LogP contribution in [0, 0.1) is 5.41 Å². The van der Waals surface area contributed by atoms with Gasteiger partial charge >= 0.3 is 0 Å². The van der Waals surface area contributed by atoms with Gasteiger partial charge in [0.15, 0.2) is 0 Å². The van der Waals surface area contributed by atoms with Gasteiger partial charge in [-0.05, 0) is 36.9 Å². The molecular formula is C14H22N2O. The fourth-order valence-corrected chi connectivity index (χ4v) is 1.82. The highest BCUT2D eigenvalue weighted by Crippen LogP contribution is 2.23. The summed E-state index contributed by atoms with van der Waals surface area (Å²) >= 11 is 0. The van der Waals surface area contributed by atoms with E-state index in [9.17, 15) is 4.79 Å². The highest BCUT2D eigenvalue weighted by molar-refractivity contribution is 5.94. The highest BCUT2D eigenvalue weighted by Gasteiger charge is 2.24. The predicted molar refractivity (Wildman–Crippen MR) is 70.8 cm³/mol.